The van der Waals surface area contributed by atoms with Crippen molar-refractivity contribution in [2.75, 3.05) is 31.1 Å². The first kappa shape index (κ1) is 19.7. The van der Waals surface area contributed by atoms with Crippen molar-refractivity contribution in [2.24, 2.45) is 0 Å². The zero-order valence-corrected chi connectivity index (χ0v) is 19.0. The van der Waals surface area contributed by atoms with Gasteiger partial charge in [0.25, 0.3) is 0 Å². The van der Waals surface area contributed by atoms with Crippen LogP contribution in [-0.2, 0) is 0 Å². The highest BCUT2D eigenvalue weighted by Gasteiger charge is 2.31. The molecule has 0 N–H and O–H groups in total. The average molecular weight is 427 g/mol. The van der Waals surface area contributed by atoms with E-state index >= 15 is 0 Å². The number of aryl methyl sites for hydroxylation is 2. The van der Waals surface area contributed by atoms with Crippen LogP contribution in [0.5, 0.6) is 0 Å². The average Bonchev–Trinajstić information content (AvgIpc) is 3.39. The van der Waals surface area contributed by atoms with Gasteiger partial charge < -0.3 is 9.30 Å². The second-order valence-electron chi connectivity index (χ2n) is 9.63. The van der Waals surface area contributed by atoms with E-state index in [0.717, 1.165) is 54.1 Å². The molecule has 2 aromatic heterocycles. The maximum Gasteiger partial charge on any atom is 0.163 e. The van der Waals surface area contributed by atoms with E-state index in [0.29, 0.717) is 12.5 Å². The third-order valence-corrected chi connectivity index (χ3v) is 7.50. The number of allylic oxidation sites excluding steroid dienone is 1. The van der Waals surface area contributed by atoms with E-state index in [1.807, 2.05) is 6.92 Å². The van der Waals surface area contributed by atoms with Crippen molar-refractivity contribution < 1.29 is 4.79 Å². The Morgan fingerprint density at radius 2 is 1.94 bits per heavy atom. The lowest BCUT2D eigenvalue weighted by Gasteiger charge is -2.39. The van der Waals surface area contributed by atoms with Gasteiger partial charge in [-0.25, -0.2) is 0 Å². The fourth-order valence-corrected chi connectivity index (χ4v) is 5.81. The van der Waals surface area contributed by atoms with E-state index in [2.05, 4.69) is 68.8 Å². The van der Waals surface area contributed by atoms with Gasteiger partial charge in [0.2, 0.25) is 0 Å². The van der Waals surface area contributed by atoms with E-state index in [1.54, 1.807) is 0 Å². The van der Waals surface area contributed by atoms with Gasteiger partial charge in [0.15, 0.2) is 5.78 Å². The Labute approximate surface area is 189 Å². The van der Waals surface area contributed by atoms with Gasteiger partial charge in [-0.3, -0.25) is 14.7 Å². The van der Waals surface area contributed by atoms with Crippen molar-refractivity contribution >= 4 is 28.6 Å². The number of aromatic nitrogens is 2. The van der Waals surface area contributed by atoms with Crippen molar-refractivity contribution in [3.05, 3.63) is 64.7 Å². The highest BCUT2D eigenvalue weighted by atomic mass is 16.1. The molecule has 0 bridgehead atoms. The number of hydrogen-bond donors (Lipinski definition) is 0. The lowest BCUT2D eigenvalue weighted by Crippen LogP contribution is -2.50. The van der Waals surface area contributed by atoms with E-state index in [9.17, 15) is 4.79 Å². The van der Waals surface area contributed by atoms with Crippen molar-refractivity contribution in [2.45, 2.75) is 45.6 Å². The van der Waals surface area contributed by atoms with Gasteiger partial charge >= 0.3 is 0 Å². The van der Waals surface area contributed by atoms with E-state index in [-0.39, 0.29) is 5.78 Å². The minimum atomic E-state index is 0.255. The maximum absolute atomic E-state index is 13.1. The molecule has 3 aliphatic rings. The smallest absolute Gasteiger partial charge is 0.163 e. The van der Waals surface area contributed by atoms with Crippen molar-refractivity contribution in [3.8, 4) is 0 Å². The van der Waals surface area contributed by atoms with Crippen LogP contribution in [0.1, 0.15) is 58.6 Å². The maximum atomic E-state index is 13.1. The number of fused-ring (bicyclic) bond motifs is 3. The van der Waals surface area contributed by atoms with Crippen LogP contribution in [-0.4, -0.2) is 52.3 Å². The molecule has 164 valence electrons. The van der Waals surface area contributed by atoms with Gasteiger partial charge in [-0.15, -0.1) is 0 Å². The molecule has 1 atom stereocenters. The Morgan fingerprint density at radius 3 is 2.84 bits per heavy atom. The summed E-state index contributed by atoms with van der Waals surface area (Å²) in [6.45, 7) is 8.59. The van der Waals surface area contributed by atoms with Crippen LogP contribution in [0.25, 0.3) is 17.2 Å². The van der Waals surface area contributed by atoms with E-state index in [4.69, 9.17) is 0 Å². The molecule has 1 aliphatic carbocycles. The molecule has 2 aliphatic heterocycles. The van der Waals surface area contributed by atoms with Gasteiger partial charge in [-0.05, 0) is 74.6 Å². The summed E-state index contributed by atoms with van der Waals surface area (Å²) in [5.41, 5.74) is 8.71. The Bertz CT molecular complexity index is 1250. The normalized spacial score (nSPS) is 21.4. The first-order valence-corrected chi connectivity index (χ1v) is 11.9. The summed E-state index contributed by atoms with van der Waals surface area (Å²) in [5, 5.41) is 0. The lowest BCUT2D eigenvalue weighted by atomic mass is 10.0. The Kier molecular flexibility index (Phi) is 4.68. The topological polar surface area (TPSA) is 40.9 Å². The molecule has 0 spiro atoms. The molecule has 1 aromatic carbocycles. The van der Waals surface area contributed by atoms with E-state index in [1.165, 1.54) is 36.2 Å². The molecule has 32 heavy (non-hydrogen) atoms. The second-order valence-corrected chi connectivity index (χ2v) is 9.63. The first-order valence-electron chi connectivity index (χ1n) is 11.9. The predicted octanol–water partition coefficient (Wildman–Crippen LogP) is 4.75. The number of ketones is 1. The number of carbonyl (C=O) groups excluding carboxylic acids is 1. The number of piperazine rings is 1. The minimum Gasteiger partial charge on any atom is -0.369 e. The summed E-state index contributed by atoms with van der Waals surface area (Å²) in [6.07, 6.45) is 10.4. The monoisotopic (exact) mass is 426 g/mol. The molecule has 4 heterocycles. The summed E-state index contributed by atoms with van der Waals surface area (Å²) in [6, 6.07) is 9.40. The molecule has 0 amide bonds. The Hall–Kier alpha value is -2.92. The zero-order chi connectivity index (χ0) is 21.8. The molecule has 5 nitrogen and oxygen atoms in total. The van der Waals surface area contributed by atoms with Crippen LogP contribution in [0.2, 0.25) is 0 Å². The molecule has 0 radical (unpaired) electrons. The number of nitrogens with zero attached hydrogens (tertiary/aromatic N) is 4. The number of Topliss-reactive ketones (excluding diaryl/α,β-unsaturated/α-hetero) is 1. The zero-order valence-electron chi connectivity index (χ0n) is 19.0. The van der Waals surface area contributed by atoms with Crippen LogP contribution >= 0.6 is 0 Å². The molecule has 0 saturated carbocycles. The molecule has 3 aromatic rings. The van der Waals surface area contributed by atoms with Crippen LogP contribution in [0, 0.1) is 13.8 Å². The summed E-state index contributed by atoms with van der Waals surface area (Å²) in [4.78, 5) is 22.8. The Balaban J connectivity index is 1.34. The molecular formula is C27H30N4O. The highest BCUT2D eigenvalue weighted by molar-refractivity contribution is 6.05. The molecule has 0 unspecified atom stereocenters. The minimum absolute atomic E-state index is 0.255. The fraction of sp³-hybridized carbons (Fsp3) is 0.407. The number of carbonyl (C=O) groups is 1. The first-order chi connectivity index (χ1) is 15.5. The Morgan fingerprint density at radius 1 is 1.03 bits per heavy atom. The fourth-order valence-electron chi connectivity index (χ4n) is 5.81. The van der Waals surface area contributed by atoms with Crippen molar-refractivity contribution in [3.63, 3.8) is 0 Å². The van der Waals surface area contributed by atoms with Gasteiger partial charge in [0.05, 0.1) is 16.9 Å². The van der Waals surface area contributed by atoms with Crippen molar-refractivity contribution in [1.29, 1.82) is 0 Å². The van der Waals surface area contributed by atoms with E-state index < -0.39 is 0 Å². The van der Waals surface area contributed by atoms with Gasteiger partial charge in [0, 0.05) is 55.7 Å². The van der Waals surface area contributed by atoms with Crippen LogP contribution in [0.4, 0.5) is 5.69 Å². The molecule has 2 saturated heterocycles. The molecule has 5 heteroatoms. The standard InChI is InChI=1S/C27H30N4O/c1-18-15-31-16-22(13-26(31)19(2)28-18)20-6-8-27(32)25-14-23(7-5-21(25)12-20)30-11-10-29-9-3-4-24(29)17-30/h5,7,12-16,24H,3-4,6,8-11,17H2,1-2H3/t24-/m0/s1. The van der Waals surface area contributed by atoms with Crippen LogP contribution in [0.15, 0.2) is 36.7 Å². The third-order valence-electron chi connectivity index (χ3n) is 7.50. The summed E-state index contributed by atoms with van der Waals surface area (Å²) in [5.74, 6) is 0.255. The summed E-state index contributed by atoms with van der Waals surface area (Å²) in [7, 11) is 0. The largest absolute Gasteiger partial charge is 0.369 e. The van der Waals surface area contributed by atoms with Gasteiger partial charge in [0.1, 0.15) is 0 Å². The lowest BCUT2D eigenvalue weighted by molar-refractivity contribution is 0.0985. The number of rotatable bonds is 2. The van der Waals surface area contributed by atoms with Gasteiger partial charge in [-0.1, -0.05) is 12.1 Å². The highest BCUT2D eigenvalue weighted by Crippen LogP contribution is 2.34. The van der Waals surface area contributed by atoms with Crippen LogP contribution in [0.3, 0.4) is 0 Å². The second kappa shape index (κ2) is 7.59. The van der Waals surface area contributed by atoms with Gasteiger partial charge in [-0.2, -0.15) is 0 Å². The molecule has 6 rings (SSSR count). The quantitative estimate of drug-likeness (QED) is 0.593. The predicted molar refractivity (Wildman–Crippen MR) is 129 cm³/mol. The number of hydrogen-bond acceptors (Lipinski definition) is 4. The summed E-state index contributed by atoms with van der Waals surface area (Å²) >= 11 is 0. The molecule has 2 fully saturated rings. The van der Waals surface area contributed by atoms with Crippen molar-refractivity contribution in [1.82, 2.24) is 14.3 Å². The molecular weight excluding hydrogens is 396 g/mol. The van der Waals surface area contributed by atoms with Crippen LogP contribution < -0.4 is 4.90 Å². The third kappa shape index (κ3) is 3.36. The SMILES string of the molecule is Cc1cn2cc(C3=Cc4ccc(N5CCN6CCC[C@H]6C5)cc4C(=O)CC3)cc2c(C)n1. The number of anilines is 1. The number of benzene rings is 1. The summed E-state index contributed by atoms with van der Waals surface area (Å²) < 4.78 is 2.16.